The van der Waals surface area contributed by atoms with Gasteiger partial charge in [0.1, 0.15) is 0 Å². The van der Waals surface area contributed by atoms with E-state index in [1.807, 2.05) is 0 Å². The molecule has 1 heterocycles. The van der Waals surface area contributed by atoms with Crippen molar-refractivity contribution in [3.8, 4) is 0 Å². The van der Waals surface area contributed by atoms with Gasteiger partial charge in [0.25, 0.3) is 0 Å². The molecule has 1 rings (SSSR count). The van der Waals surface area contributed by atoms with E-state index in [-0.39, 0.29) is 6.15 Å². The summed E-state index contributed by atoms with van der Waals surface area (Å²) < 4.78 is 0. The van der Waals surface area contributed by atoms with Gasteiger partial charge in [-0.1, -0.05) is 78.1 Å². The fourth-order valence-electron chi connectivity index (χ4n) is 3.04. The highest BCUT2D eigenvalue weighted by atomic mass is 15.0. The summed E-state index contributed by atoms with van der Waals surface area (Å²) in [5.74, 6) is 0. The topological polar surface area (TPSA) is 47.0 Å². The maximum absolute atomic E-state index is 3.75. The molecular formula is C17H38N2. The molecular weight excluding hydrogens is 232 g/mol. The Labute approximate surface area is 121 Å². The van der Waals surface area contributed by atoms with E-state index in [2.05, 4.69) is 19.2 Å². The number of nitrogens with one attached hydrogen (secondary N) is 1. The lowest BCUT2D eigenvalue weighted by molar-refractivity contribution is 0.230. The summed E-state index contributed by atoms with van der Waals surface area (Å²) in [5, 5.41) is 3.75. The van der Waals surface area contributed by atoms with Gasteiger partial charge in [0.2, 0.25) is 0 Å². The Balaban J connectivity index is 0.00000324. The zero-order valence-corrected chi connectivity index (χ0v) is 13.6. The van der Waals surface area contributed by atoms with E-state index in [4.69, 9.17) is 0 Å². The van der Waals surface area contributed by atoms with Gasteiger partial charge in [-0.25, -0.2) is 0 Å². The lowest BCUT2D eigenvalue weighted by Crippen LogP contribution is -2.52. The SMILES string of the molecule is CCCCCCCCCC1CC(CCCCC)N1.N. The molecule has 0 radical (unpaired) electrons. The lowest BCUT2D eigenvalue weighted by atomic mass is 9.89. The molecule has 1 aliphatic heterocycles. The summed E-state index contributed by atoms with van der Waals surface area (Å²) in [5.41, 5.74) is 0. The zero-order chi connectivity index (χ0) is 13.1. The van der Waals surface area contributed by atoms with Crippen LogP contribution in [-0.4, -0.2) is 12.1 Å². The van der Waals surface area contributed by atoms with Crippen LogP contribution in [0.15, 0.2) is 0 Å². The van der Waals surface area contributed by atoms with Crippen molar-refractivity contribution in [1.29, 1.82) is 0 Å². The first-order chi connectivity index (χ1) is 8.86. The van der Waals surface area contributed by atoms with Crippen molar-refractivity contribution in [1.82, 2.24) is 11.5 Å². The monoisotopic (exact) mass is 270 g/mol. The largest absolute Gasteiger partial charge is 0.344 e. The first kappa shape index (κ1) is 18.9. The van der Waals surface area contributed by atoms with E-state index in [0.29, 0.717) is 0 Å². The Bertz CT molecular complexity index is 176. The second-order valence-electron chi connectivity index (χ2n) is 6.20. The molecule has 0 aromatic heterocycles. The van der Waals surface area contributed by atoms with Crippen LogP contribution in [0.5, 0.6) is 0 Å². The highest BCUT2D eigenvalue weighted by molar-refractivity contribution is 4.87. The molecule has 0 saturated carbocycles. The van der Waals surface area contributed by atoms with Crippen molar-refractivity contribution in [2.75, 3.05) is 0 Å². The van der Waals surface area contributed by atoms with E-state index in [9.17, 15) is 0 Å². The van der Waals surface area contributed by atoms with Crippen molar-refractivity contribution in [2.45, 2.75) is 109 Å². The number of rotatable bonds is 12. The quantitative estimate of drug-likeness (QED) is 0.453. The minimum atomic E-state index is 0. The van der Waals surface area contributed by atoms with Crippen molar-refractivity contribution >= 4 is 0 Å². The van der Waals surface area contributed by atoms with Gasteiger partial charge in [0.15, 0.2) is 0 Å². The minimum absolute atomic E-state index is 0. The molecule has 2 nitrogen and oxygen atoms in total. The molecule has 0 aliphatic carbocycles. The molecule has 116 valence electrons. The van der Waals surface area contributed by atoms with Gasteiger partial charge in [0.05, 0.1) is 0 Å². The smallest absolute Gasteiger partial charge is 0.00844 e. The predicted molar refractivity (Wildman–Crippen MR) is 87.1 cm³/mol. The second kappa shape index (κ2) is 12.9. The van der Waals surface area contributed by atoms with Crippen LogP contribution in [0.25, 0.3) is 0 Å². The highest BCUT2D eigenvalue weighted by Gasteiger charge is 2.26. The Morgan fingerprint density at radius 1 is 0.684 bits per heavy atom. The Kier molecular flexibility index (Phi) is 12.9. The van der Waals surface area contributed by atoms with Crippen LogP contribution < -0.4 is 11.5 Å². The van der Waals surface area contributed by atoms with Gasteiger partial charge in [-0.15, -0.1) is 0 Å². The fourth-order valence-corrected chi connectivity index (χ4v) is 3.04. The summed E-state index contributed by atoms with van der Waals surface area (Å²) in [6.07, 6.45) is 18.6. The fraction of sp³-hybridized carbons (Fsp3) is 1.00. The molecule has 1 aliphatic rings. The maximum atomic E-state index is 3.75. The summed E-state index contributed by atoms with van der Waals surface area (Å²) in [6, 6.07) is 1.73. The molecule has 0 spiro atoms. The average Bonchev–Trinajstić information content (AvgIpc) is 2.33. The Morgan fingerprint density at radius 3 is 1.58 bits per heavy atom. The highest BCUT2D eigenvalue weighted by Crippen LogP contribution is 2.22. The van der Waals surface area contributed by atoms with Crippen LogP contribution >= 0.6 is 0 Å². The second-order valence-corrected chi connectivity index (χ2v) is 6.20. The minimum Gasteiger partial charge on any atom is -0.344 e. The van der Waals surface area contributed by atoms with Crippen LogP contribution in [0.4, 0.5) is 0 Å². The van der Waals surface area contributed by atoms with Crippen molar-refractivity contribution in [2.24, 2.45) is 0 Å². The van der Waals surface area contributed by atoms with Gasteiger partial charge in [-0.2, -0.15) is 0 Å². The van der Waals surface area contributed by atoms with Crippen LogP contribution in [-0.2, 0) is 0 Å². The molecule has 2 atom stereocenters. The molecule has 0 amide bonds. The van der Waals surface area contributed by atoms with Crippen molar-refractivity contribution < 1.29 is 0 Å². The van der Waals surface area contributed by atoms with E-state index in [1.54, 1.807) is 0 Å². The van der Waals surface area contributed by atoms with Crippen LogP contribution in [0.3, 0.4) is 0 Å². The number of unbranched alkanes of at least 4 members (excludes halogenated alkanes) is 8. The van der Waals surface area contributed by atoms with Gasteiger partial charge in [0, 0.05) is 12.1 Å². The van der Waals surface area contributed by atoms with Gasteiger partial charge >= 0.3 is 0 Å². The van der Waals surface area contributed by atoms with Crippen molar-refractivity contribution in [3.63, 3.8) is 0 Å². The molecule has 0 bridgehead atoms. The van der Waals surface area contributed by atoms with Crippen LogP contribution in [0.1, 0.15) is 97.3 Å². The van der Waals surface area contributed by atoms with Crippen LogP contribution in [0.2, 0.25) is 0 Å². The summed E-state index contributed by atoms with van der Waals surface area (Å²) >= 11 is 0. The summed E-state index contributed by atoms with van der Waals surface area (Å²) in [7, 11) is 0. The normalized spacial score (nSPS) is 21.8. The van der Waals surface area contributed by atoms with Gasteiger partial charge < -0.3 is 11.5 Å². The first-order valence-corrected chi connectivity index (χ1v) is 8.62. The van der Waals surface area contributed by atoms with E-state index >= 15 is 0 Å². The molecule has 1 fully saturated rings. The summed E-state index contributed by atoms with van der Waals surface area (Å²) in [6.45, 7) is 4.58. The maximum Gasteiger partial charge on any atom is 0.00844 e. The van der Waals surface area contributed by atoms with Gasteiger partial charge in [-0.3, -0.25) is 0 Å². The summed E-state index contributed by atoms with van der Waals surface area (Å²) in [4.78, 5) is 0. The number of hydrogen-bond acceptors (Lipinski definition) is 2. The van der Waals surface area contributed by atoms with E-state index < -0.39 is 0 Å². The molecule has 2 heteroatoms. The third-order valence-corrected chi connectivity index (χ3v) is 4.35. The Hall–Kier alpha value is -0.0800. The van der Waals surface area contributed by atoms with Crippen LogP contribution in [0, 0.1) is 0 Å². The predicted octanol–water partition coefficient (Wildman–Crippen LogP) is 5.60. The van der Waals surface area contributed by atoms with Gasteiger partial charge in [-0.05, 0) is 19.3 Å². The molecule has 19 heavy (non-hydrogen) atoms. The van der Waals surface area contributed by atoms with Crippen molar-refractivity contribution in [3.05, 3.63) is 0 Å². The Morgan fingerprint density at radius 2 is 1.05 bits per heavy atom. The third-order valence-electron chi connectivity index (χ3n) is 4.35. The van der Waals surface area contributed by atoms with E-state index in [0.717, 1.165) is 12.1 Å². The molecule has 4 N–H and O–H groups in total. The number of hydrogen-bond donors (Lipinski definition) is 2. The standard InChI is InChI=1S/C17H35N.H3N/c1-3-5-7-8-9-10-12-14-17-15-16(18-17)13-11-6-4-2;/h16-18H,3-15H2,1-2H3;1H3. The average molecular weight is 271 g/mol. The lowest BCUT2D eigenvalue weighted by Gasteiger charge is -2.37. The zero-order valence-electron chi connectivity index (χ0n) is 13.6. The molecule has 1 saturated heterocycles. The molecule has 2 unspecified atom stereocenters. The van der Waals surface area contributed by atoms with E-state index in [1.165, 1.54) is 83.5 Å². The first-order valence-electron chi connectivity index (χ1n) is 8.62. The third kappa shape index (κ3) is 9.45. The molecule has 0 aromatic rings. The molecule has 0 aromatic carbocycles.